The monoisotopic (exact) mass is 360 g/mol. The Morgan fingerprint density at radius 2 is 1.80 bits per heavy atom. The van der Waals surface area contributed by atoms with Crippen LogP contribution < -0.4 is 0 Å². The molecule has 0 spiro atoms. The van der Waals surface area contributed by atoms with E-state index in [-0.39, 0.29) is 5.75 Å². The summed E-state index contributed by atoms with van der Waals surface area (Å²) in [5, 5.41) is 0. The first-order chi connectivity index (χ1) is 11.8. The molecule has 1 heterocycles. The topological polar surface area (TPSA) is 63.6 Å². The van der Waals surface area contributed by atoms with Crippen molar-refractivity contribution in [2.75, 3.05) is 0 Å². The van der Waals surface area contributed by atoms with E-state index < -0.39 is 28.5 Å². The lowest BCUT2D eigenvalue weighted by molar-refractivity contribution is -0.141. The minimum Gasteiger partial charge on any atom is -0.451 e. The number of hydrogen-bond donors (Lipinski definition) is 1. The molecule has 0 amide bonds. The normalized spacial score (nSPS) is 17.5. The van der Waals surface area contributed by atoms with Crippen molar-refractivity contribution in [1.82, 2.24) is 0 Å². The Bertz CT molecular complexity index is 885. The first-order valence-corrected chi connectivity index (χ1v) is 8.96. The van der Waals surface area contributed by atoms with Crippen LogP contribution in [0.4, 0.5) is 4.39 Å². The molecule has 2 aromatic carbocycles. The van der Waals surface area contributed by atoms with Gasteiger partial charge in [-0.1, -0.05) is 36.4 Å². The second kappa shape index (κ2) is 6.54. The average molecular weight is 360 g/mol. The fraction of sp³-hybridized carbons (Fsp3) is 0.211. The van der Waals surface area contributed by atoms with Crippen molar-refractivity contribution in [2.24, 2.45) is 0 Å². The van der Waals surface area contributed by atoms with Gasteiger partial charge in [-0.2, -0.15) is 0 Å². The third-order valence-corrected chi connectivity index (χ3v) is 4.63. The lowest BCUT2D eigenvalue weighted by Crippen LogP contribution is -2.22. The molecule has 1 unspecified atom stereocenters. The Kier molecular flexibility index (Phi) is 4.58. The number of carbonyl (C=O) groups is 1. The molecule has 3 rings (SSSR count). The Hall–Kier alpha value is -2.31. The lowest BCUT2D eigenvalue weighted by Gasteiger charge is -2.22. The van der Waals surface area contributed by atoms with Crippen LogP contribution in [-0.4, -0.2) is 20.3 Å². The van der Waals surface area contributed by atoms with E-state index in [4.69, 9.17) is 9.29 Å². The van der Waals surface area contributed by atoms with Crippen molar-refractivity contribution in [3.05, 3.63) is 71.0 Å². The SMILES string of the molecule is CC1(C)OC(=O)C(c2cccc(F)c2)=C1c1ccc(CS(=O)O)cc1. The van der Waals surface area contributed by atoms with Gasteiger partial charge in [0.2, 0.25) is 0 Å². The molecular formula is C19H17FO4S. The molecule has 1 aliphatic rings. The molecule has 4 nitrogen and oxygen atoms in total. The first-order valence-electron chi connectivity index (χ1n) is 7.69. The minimum atomic E-state index is -1.92. The van der Waals surface area contributed by atoms with Crippen molar-refractivity contribution in [1.29, 1.82) is 0 Å². The van der Waals surface area contributed by atoms with E-state index in [2.05, 4.69) is 0 Å². The molecule has 2 aromatic rings. The summed E-state index contributed by atoms with van der Waals surface area (Å²) in [7, 11) is 0. The predicted molar refractivity (Wildman–Crippen MR) is 94.3 cm³/mol. The van der Waals surface area contributed by atoms with Crippen molar-refractivity contribution < 1.29 is 22.7 Å². The van der Waals surface area contributed by atoms with E-state index in [9.17, 15) is 13.4 Å². The fourth-order valence-electron chi connectivity index (χ4n) is 3.05. The maximum atomic E-state index is 13.6. The van der Waals surface area contributed by atoms with Crippen LogP contribution in [0.15, 0.2) is 48.5 Å². The standard InChI is InChI=1S/C19H17FO4S/c1-19(2)17(13-8-6-12(7-9-13)11-25(22)23)16(18(21)24-19)14-4-3-5-15(20)10-14/h3-10H,11H2,1-2H3,(H,22,23). The van der Waals surface area contributed by atoms with Gasteiger partial charge in [0.1, 0.15) is 11.4 Å². The second-order valence-electron chi connectivity index (χ2n) is 6.32. The van der Waals surface area contributed by atoms with Gasteiger partial charge in [0.05, 0.1) is 11.3 Å². The summed E-state index contributed by atoms with van der Waals surface area (Å²) < 4.78 is 39.0. The third kappa shape index (κ3) is 3.55. The van der Waals surface area contributed by atoms with Crippen LogP contribution in [-0.2, 0) is 26.4 Å². The zero-order chi connectivity index (χ0) is 18.2. The molecule has 0 radical (unpaired) electrons. The molecular weight excluding hydrogens is 343 g/mol. The summed E-state index contributed by atoms with van der Waals surface area (Å²) in [4.78, 5) is 12.4. The van der Waals surface area contributed by atoms with E-state index in [1.165, 1.54) is 12.1 Å². The van der Waals surface area contributed by atoms with Crippen molar-refractivity contribution in [2.45, 2.75) is 25.2 Å². The Morgan fingerprint density at radius 1 is 1.12 bits per heavy atom. The molecule has 1 atom stereocenters. The summed E-state index contributed by atoms with van der Waals surface area (Å²) in [6.45, 7) is 3.56. The van der Waals surface area contributed by atoms with Crippen molar-refractivity contribution in [3.63, 3.8) is 0 Å². The van der Waals surface area contributed by atoms with Crippen LogP contribution in [0, 0.1) is 5.82 Å². The van der Waals surface area contributed by atoms with Gasteiger partial charge in [-0.25, -0.2) is 13.4 Å². The van der Waals surface area contributed by atoms with Gasteiger partial charge in [-0.15, -0.1) is 0 Å². The van der Waals surface area contributed by atoms with Crippen molar-refractivity contribution >= 4 is 28.2 Å². The van der Waals surface area contributed by atoms with E-state index in [0.29, 0.717) is 22.3 Å². The van der Waals surface area contributed by atoms with Crippen LogP contribution in [0.2, 0.25) is 0 Å². The fourth-order valence-corrected chi connectivity index (χ4v) is 3.52. The van der Waals surface area contributed by atoms with E-state index in [1.807, 2.05) is 0 Å². The molecule has 6 heteroatoms. The molecule has 25 heavy (non-hydrogen) atoms. The van der Waals surface area contributed by atoms with Gasteiger partial charge in [-0.05, 0) is 42.7 Å². The number of esters is 1. The number of rotatable bonds is 4. The van der Waals surface area contributed by atoms with E-state index in [0.717, 1.165) is 5.56 Å². The molecule has 0 saturated carbocycles. The summed E-state index contributed by atoms with van der Waals surface area (Å²) in [6, 6.07) is 12.9. The number of halogens is 1. The number of benzene rings is 2. The second-order valence-corrected chi connectivity index (χ2v) is 7.25. The highest BCUT2D eigenvalue weighted by Gasteiger charge is 2.41. The van der Waals surface area contributed by atoms with E-state index in [1.54, 1.807) is 50.2 Å². The zero-order valence-corrected chi connectivity index (χ0v) is 14.6. The smallest absolute Gasteiger partial charge is 0.340 e. The van der Waals surface area contributed by atoms with Crippen LogP contribution in [0.25, 0.3) is 11.1 Å². The highest BCUT2D eigenvalue weighted by molar-refractivity contribution is 7.78. The van der Waals surface area contributed by atoms with Gasteiger partial charge < -0.3 is 9.29 Å². The average Bonchev–Trinajstić information content (AvgIpc) is 2.76. The third-order valence-electron chi connectivity index (χ3n) is 4.05. The maximum absolute atomic E-state index is 13.6. The molecule has 0 saturated heterocycles. The molecule has 0 fully saturated rings. The molecule has 0 bridgehead atoms. The van der Waals surface area contributed by atoms with Gasteiger partial charge in [0.25, 0.3) is 0 Å². The highest BCUT2D eigenvalue weighted by Crippen LogP contribution is 2.43. The minimum absolute atomic E-state index is 0.0366. The molecule has 0 aliphatic carbocycles. The summed E-state index contributed by atoms with van der Waals surface area (Å²) in [6.07, 6.45) is 0. The summed E-state index contributed by atoms with van der Waals surface area (Å²) in [5.41, 5.74) is 2.07. The van der Waals surface area contributed by atoms with Gasteiger partial charge >= 0.3 is 5.97 Å². The van der Waals surface area contributed by atoms with Crippen molar-refractivity contribution in [3.8, 4) is 0 Å². The summed E-state index contributed by atoms with van der Waals surface area (Å²) in [5.74, 6) is -0.886. The molecule has 1 aliphatic heterocycles. The quantitative estimate of drug-likeness (QED) is 0.665. The molecule has 0 aromatic heterocycles. The lowest BCUT2D eigenvalue weighted by atomic mass is 9.86. The van der Waals surface area contributed by atoms with Gasteiger partial charge in [-0.3, -0.25) is 0 Å². The maximum Gasteiger partial charge on any atom is 0.340 e. The Labute approximate surface area is 147 Å². The van der Waals surface area contributed by atoms with Gasteiger partial charge in [0, 0.05) is 5.57 Å². The Balaban J connectivity index is 2.13. The van der Waals surface area contributed by atoms with Crippen LogP contribution in [0.3, 0.4) is 0 Å². The van der Waals surface area contributed by atoms with Crippen LogP contribution in [0.5, 0.6) is 0 Å². The summed E-state index contributed by atoms with van der Waals surface area (Å²) >= 11 is -1.92. The van der Waals surface area contributed by atoms with Crippen LogP contribution >= 0.6 is 0 Å². The first kappa shape index (κ1) is 17.5. The zero-order valence-electron chi connectivity index (χ0n) is 13.8. The van der Waals surface area contributed by atoms with Crippen LogP contribution in [0.1, 0.15) is 30.5 Å². The number of hydrogen-bond acceptors (Lipinski definition) is 3. The molecule has 1 N–H and O–H groups in total. The number of carbonyl (C=O) groups excluding carboxylic acids is 1. The number of ether oxygens (including phenoxy) is 1. The van der Waals surface area contributed by atoms with Gasteiger partial charge in [0.15, 0.2) is 11.1 Å². The Morgan fingerprint density at radius 3 is 2.40 bits per heavy atom. The number of cyclic esters (lactones) is 1. The predicted octanol–water partition coefficient (Wildman–Crippen LogP) is 3.79. The van der Waals surface area contributed by atoms with E-state index >= 15 is 0 Å². The largest absolute Gasteiger partial charge is 0.451 e. The highest BCUT2D eigenvalue weighted by atomic mass is 32.2. The molecule has 130 valence electrons.